The van der Waals surface area contributed by atoms with Gasteiger partial charge in [-0.3, -0.25) is 0 Å². The molecule has 2 rings (SSSR count). The van der Waals surface area contributed by atoms with E-state index in [9.17, 15) is 0 Å². The Kier molecular flexibility index (Phi) is 2.04. The molecule has 2 nitrogen and oxygen atoms in total. The van der Waals surface area contributed by atoms with Crippen LogP contribution in [-0.2, 0) is 0 Å². The highest BCUT2D eigenvalue weighted by molar-refractivity contribution is 5.83. The Bertz CT molecular complexity index is 478. The number of rotatable bonds is 0. The average Bonchev–Trinajstić information content (AvgIpc) is 2.17. The first-order chi connectivity index (χ1) is 7.03. The van der Waals surface area contributed by atoms with Gasteiger partial charge in [0.1, 0.15) is 11.4 Å². The van der Waals surface area contributed by atoms with Gasteiger partial charge in [-0.2, -0.15) is 5.26 Å². The lowest BCUT2D eigenvalue weighted by Crippen LogP contribution is -2.29. The van der Waals surface area contributed by atoms with Crippen molar-refractivity contribution in [1.29, 1.82) is 5.26 Å². The Morgan fingerprint density at radius 3 is 2.73 bits per heavy atom. The molecule has 1 aromatic rings. The molecule has 2 heteroatoms. The molecule has 1 heterocycles. The van der Waals surface area contributed by atoms with Gasteiger partial charge in [-0.05, 0) is 38.5 Å². The predicted octanol–water partition coefficient (Wildman–Crippen LogP) is 3.07. The number of para-hydroxylation sites is 1. The first-order valence-electron chi connectivity index (χ1n) is 4.95. The van der Waals surface area contributed by atoms with E-state index < -0.39 is 5.60 Å². The Labute approximate surface area is 89.8 Å². The zero-order chi connectivity index (χ0) is 11.1. The van der Waals surface area contributed by atoms with Gasteiger partial charge in [0, 0.05) is 5.56 Å². The average molecular weight is 199 g/mol. The van der Waals surface area contributed by atoms with Crippen LogP contribution >= 0.6 is 0 Å². The minimum Gasteiger partial charge on any atom is -0.483 e. The molecule has 1 aliphatic rings. The van der Waals surface area contributed by atoms with Gasteiger partial charge in [-0.1, -0.05) is 12.1 Å². The normalized spacial score (nSPS) is 17.1. The van der Waals surface area contributed by atoms with E-state index in [4.69, 9.17) is 10.00 Å². The second-order valence-corrected chi connectivity index (χ2v) is 4.33. The fourth-order valence-electron chi connectivity index (χ4n) is 1.81. The van der Waals surface area contributed by atoms with Gasteiger partial charge in [0.25, 0.3) is 0 Å². The number of fused-ring (bicyclic) bond motifs is 1. The minimum absolute atomic E-state index is 0.399. The summed E-state index contributed by atoms with van der Waals surface area (Å²) >= 11 is 0. The van der Waals surface area contributed by atoms with Gasteiger partial charge in [-0.25, -0.2) is 0 Å². The molecule has 15 heavy (non-hydrogen) atoms. The lowest BCUT2D eigenvalue weighted by molar-refractivity contribution is 0.157. The van der Waals surface area contributed by atoms with Crippen molar-refractivity contribution in [3.05, 3.63) is 35.4 Å². The number of hydrogen-bond acceptors (Lipinski definition) is 2. The Hall–Kier alpha value is -1.75. The molecule has 0 saturated carbocycles. The summed E-state index contributed by atoms with van der Waals surface area (Å²) in [7, 11) is 0. The van der Waals surface area contributed by atoms with Crippen molar-refractivity contribution in [2.75, 3.05) is 0 Å². The smallest absolute Gasteiger partial charge is 0.132 e. The molecule has 0 spiro atoms. The van der Waals surface area contributed by atoms with Crippen LogP contribution in [0.5, 0.6) is 5.75 Å². The maximum Gasteiger partial charge on any atom is 0.132 e. The van der Waals surface area contributed by atoms with E-state index in [0.29, 0.717) is 5.57 Å². The molecule has 0 aromatic heterocycles. The largest absolute Gasteiger partial charge is 0.483 e. The fraction of sp³-hybridized carbons (Fsp3) is 0.308. The number of hydrogen-bond donors (Lipinski definition) is 0. The van der Waals surface area contributed by atoms with Crippen LogP contribution in [0.4, 0.5) is 0 Å². The standard InChI is InChI=1S/C13H13NO/c1-9-5-4-6-11-10(8-14)7-13(2,3)15-12(9)11/h4-7H,1-3H3. The van der Waals surface area contributed by atoms with E-state index in [2.05, 4.69) is 6.07 Å². The number of ether oxygens (including phenoxy) is 1. The molecule has 0 aliphatic carbocycles. The molecule has 1 aromatic carbocycles. The van der Waals surface area contributed by atoms with Crippen LogP contribution in [0, 0.1) is 18.3 Å². The molecule has 0 atom stereocenters. The summed E-state index contributed by atoms with van der Waals surface area (Å²) in [6.45, 7) is 5.91. The summed E-state index contributed by atoms with van der Waals surface area (Å²) in [6.07, 6.45) is 1.87. The van der Waals surface area contributed by atoms with Crippen LogP contribution in [0.15, 0.2) is 24.3 Å². The van der Waals surface area contributed by atoms with Crippen LogP contribution in [0.3, 0.4) is 0 Å². The van der Waals surface area contributed by atoms with Crippen molar-refractivity contribution in [2.45, 2.75) is 26.4 Å². The number of benzene rings is 1. The van der Waals surface area contributed by atoms with Crippen LogP contribution in [-0.4, -0.2) is 5.60 Å². The quantitative estimate of drug-likeness (QED) is 0.643. The Balaban J connectivity index is 2.67. The zero-order valence-corrected chi connectivity index (χ0v) is 9.16. The van der Waals surface area contributed by atoms with E-state index >= 15 is 0 Å². The van der Waals surface area contributed by atoms with E-state index in [-0.39, 0.29) is 0 Å². The van der Waals surface area contributed by atoms with Gasteiger partial charge in [-0.15, -0.1) is 0 Å². The molecule has 1 aliphatic heterocycles. The summed E-state index contributed by atoms with van der Waals surface area (Å²) in [5.41, 5.74) is 2.27. The lowest BCUT2D eigenvalue weighted by atomic mass is 9.94. The molecule has 76 valence electrons. The van der Waals surface area contributed by atoms with E-state index in [1.807, 2.05) is 45.0 Å². The molecule has 0 fully saturated rings. The summed E-state index contributed by atoms with van der Waals surface area (Å²) < 4.78 is 5.85. The van der Waals surface area contributed by atoms with Crippen molar-refractivity contribution in [1.82, 2.24) is 0 Å². The molecular weight excluding hydrogens is 186 g/mol. The van der Waals surface area contributed by atoms with Gasteiger partial charge in [0.15, 0.2) is 0 Å². The lowest BCUT2D eigenvalue weighted by Gasteiger charge is -2.30. The fourth-order valence-corrected chi connectivity index (χ4v) is 1.81. The van der Waals surface area contributed by atoms with Crippen LogP contribution in [0.2, 0.25) is 0 Å². The summed E-state index contributed by atoms with van der Waals surface area (Å²) in [5, 5.41) is 9.09. The zero-order valence-electron chi connectivity index (χ0n) is 9.16. The van der Waals surface area contributed by atoms with Gasteiger partial charge in [0.05, 0.1) is 11.6 Å². The third kappa shape index (κ3) is 1.61. The van der Waals surface area contributed by atoms with Gasteiger partial charge < -0.3 is 4.74 Å². The second-order valence-electron chi connectivity index (χ2n) is 4.33. The topological polar surface area (TPSA) is 33.0 Å². The summed E-state index contributed by atoms with van der Waals surface area (Å²) in [4.78, 5) is 0. The predicted molar refractivity (Wildman–Crippen MR) is 59.5 cm³/mol. The SMILES string of the molecule is Cc1cccc2c1OC(C)(C)C=C2C#N. The minimum atomic E-state index is -0.399. The van der Waals surface area contributed by atoms with Crippen molar-refractivity contribution in [2.24, 2.45) is 0 Å². The third-order valence-corrected chi connectivity index (χ3v) is 2.48. The molecule has 0 saturated heterocycles. The highest BCUT2D eigenvalue weighted by atomic mass is 16.5. The highest BCUT2D eigenvalue weighted by Gasteiger charge is 2.27. The second kappa shape index (κ2) is 3.13. The van der Waals surface area contributed by atoms with Crippen LogP contribution in [0.1, 0.15) is 25.0 Å². The first-order valence-corrected chi connectivity index (χ1v) is 4.95. The molecule has 0 unspecified atom stereocenters. The Morgan fingerprint density at radius 2 is 2.07 bits per heavy atom. The molecule has 0 N–H and O–H groups in total. The Morgan fingerprint density at radius 1 is 1.33 bits per heavy atom. The van der Waals surface area contributed by atoms with Gasteiger partial charge >= 0.3 is 0 Å². The number of nitriles is 1. The number of nitrogens with zero attached hydrogens (tertiary/aromatic N) is 1. The third-order valence-electron chi connectivity index (χ3n) is 2.48. The van der Waals surface area contributed by atoms with Crippen molar-refractivity contribution >= 4 is 5.57 Å². The van der Waals surface area contributed by atoms with Crippen molar-refractivity contribution in [3.8, 4) is 11.8 Å². The molecule has 0 radical (unpaired) electrons. The van der Waals surface area contributed by atoms with Crippen LogP contribution in [0.25, 0.3) is 5.57 Å². The first kappa shape index (κ1) is 9.79. The molecular formula is C13H13NO. The van der Waals surface area contributed by atoms with E-state index in [0.717, 1.165) is 16.9 Å². The maximum absolute atomic E-state index is 9.09. The number of allylic oxidation sites excluding steroid dienone is 1. The van der Waals surface area contributed by atoms with E-state index in [1.165, 1.54) is 0 Å². The van der Waals surface area contributed by atoms with Gasteiger partial charge in [0.2, 0.25) is 0 Å². The van der Waals surface area contributed by atoms with E-state index in [1.54, 1.807) is 0 Å². The van der Waals surface area contributed by atoms with Crippen LogP contribution < -0.4 is 4.74 Å². The maximum atomic E-state index is 9.09. The number of aryl methyl sites for hydroxylation is 1. The monoisotopic (exact) mass is 199 g/mol. The molecule has 0 bridgehead atoms. The van der Waals surface area contributed by atoms with Crippen molar-refractivity contribution < 1.29 is 4.74 Å². The summed E-state index contributed by atoms with van der Waals surface area (Å²) in [5.74, 6) is 0.835. The highest BCUT2D eigenvalue weighted by Crippen LogP contribution is 2.37. The van der Waals surface area contributed by atoms with Crippen molar-refractivity contribution in [3.63, 3.8) is 0 Å². The molecule has 0 amide bonds. The summed E-state index contributed by atoms with van der Waals surface area (Å²) in [6, 6.07) is 8.09.